The summed E-state index contributed by atoms with van der Waals surface area (Å²) in [6.07, 6.45) is 1.82. The SMILES string of the molecule is Nc1nc(Br)cnc1N1CC(Cl)CC1=O. The van der Waals surface area contributed by atoms with Gasteiger partial charge in [-0.2, -0.15) is 0 Å². The van der Waals surface area contributed by atoms with Crippen LogP contribution in [0.5, 0.6) is 0 Å². The molecule has 2 rings (SSSR count). The number of halogens is 2. The molecule has 1 aliphatic heterocycles. The summed E-state index contributed by atoms with van der Waals surface area (Å²) in [6, 6.07) is 0. The first-order valence-electron chi connectivity index (χ1n) is 4.30. The molecule has 1 atom stereocenters. The van der Waals surface area contributed by atoms with E-state index in [2.05, 4.69) is 25.9 Å². The number of nitrogens with two attached hydrogens (primary N) is 1. The molecule has 1 saturated heterocycles. The van der Waals surface area contributed by atoms with Crippen molar-refractivity contribution in [2.75, 3.05) is 17.2 Å². The minimum Gasteiger partial charge on any atom is -0.381 e. The van der Waals surface area contributed by atoms with E-state index >= 15 is 0 Å². The van der Waals surface area contributed by atoms with Gasteiger partial charge < -0.3 is 5.73 Å². The number of hydrogen-bond donors (Lipinski definition) is 1. The monoisotopic (exact) mass is 290 g/mol. The maximum atomic E-state index is 11.5. The number of hydrogen-bond acceptors (Lipinski definition) is 4. The van der Waals surface area contributed by atoms with Gasteiger partial charge in [0.15, 0.2) is 11.6 Å². The summed E-state index contributed by atoms with van der Waals surface area (Å²) in [7, 11) is 0. The van der Waals surface area contributed by atoms with Crippen LogP contribution < -0.4 is 10.6 Å². The topological polar surface area (TPSA) is 72.1 Å². The summed E-state index contributed by atoms with van der Waals surface area (Å²) in [5, 5.41) is -0.178. The van der Waals surface area contributed by atoms with Crippen LogP contribution in [0.25, 0.3) is 0 Å². The van der Waals surface area contributed by atoms with Crippen LogP contribution in [0.3, 0.4) is 0 Å². The van der Waals surface area contributed by atoms with E-state index in [0.717, 1.165) is 0 Å². The molecule has 1 unspecified atom stereocenters. The molecule has 7 heteroatoms. The lowest BCUT2D eigenvalue weighted by molar-refractivity contribution is -0.117. The highest BCUT2D eigenvalue weighted by Crippen LogP contribution is 2.26. The van der Waals surface area contributed by atoms with Crippen molar-refractivity contribution in [3.63, 3.8) is 0 Å². The molecule has 0 aliphatic carbocycles. The van der Waals surface area contributed by atoms with Crippen molar-refractivity contribution in [1.82, 2.24) is 9.97 Å². The fourth-order valence-corrected chi connectivity index (χ4v) is 2.01. The molecule has 0 radical (unpaired) electrons. The van der Waals surface area contributed by atoms with Crippen LogP contribution in [-0.4, -0.2) is 27.8 Å². The van der Waals surface area contributed by atoms with Crippen molar-refractivity contribution in [3.8, 4) is 0 Å². The molecule has 2 N–H and O–H groups in total. The van der Waals surface area contributed by atoms with Crippen LogP contribution >= 0.6 is 27.5 Å². The third-order valence-electron chi connectivity index (χ3n) is 2.08. The molecule has 2 heterocycles. The minimum atomic E-state index is -0.178. The van der Waals surface area contributed by atoms with Crippen LogP contribution in [0.2, 0.25) is 0 Å². The van der Waals surface area contributed by atoms with Gasteiger partial charge >= 0.3 is 0 Å². The van der Waals surface area contributed by atoms with Crippen LogP contribution in [0.1, 0.15) is 6.42 Å². The van der Waals surface area contributed by atoms with E-state index in [0.29, 0.717) is 23.4 Å². The van der Waals surface area contributed by atoms with Crippen LogP contribution in [0.15, 0.2) is 10.8 Å². The summed E-state index contributed by atoms with van der Waals surface area (Å²) in [5.41, 5.74) is 5.67. The Bertz CT molecular complexity index is 414. The Morgan fingerprint density at radius 3 is 2.93 bits per heavy atom. The zero-order valence-corrected chi connectivity index (χ0v) is 9.99. The first kappa shape index (κ1) is 10.6. The Balaban J connectivity index is 2.34. The highest BCUT2D eigenvalue weighted by molar-refractivity contribution is 9.10. The molecular weight excluding hydrogens is 283 g/mol. The normalized spacial score (nSPS) is 21.1. The third-order valence-corrected chi connectivity index (χ3v) is 2.76. The van der Waals surface area contributed by atoms with Crippen molar-refractivity contribution in [3.05, 3.63) is 10.8 Å². The van der Waals surface area contributed by atoms with Gasteiger partial charge in [0.2, 0.25) is 5.91 Å². The standard InChI is InChI=1S/C8H8BrClN4O/c9-5-2-12-8(7(11)13-5)14-3-4(10)1-6(14)15/h2,4H,1,3H2,(H2,11,13). The summed E-state index contributed by atoms with van der Waals surface area (Å²) in [4.78, 5) is 21.0. The Labute approximate surface area is 99.8 Å². The number of aromatic nitrogens is 2. The van der Waals surface area contributed by atoms with E-state index in [1.165, 1.54) is 11.1 Å². The van der Waals surface area contributed by atoms with Crippen molar-refractivity contribution >= 4 is 45.1 Å². The van der Waals surface area contributed by atoms with E-state index in [1.807, 2.05) is 0 Å². The highest BCUT2D eigenvalue weighted by Gasteiger charge is 2.31. The lowest BCUT2D eigenvalue weighted by Crippen LogP contribution is -2.27. The van der Waals surface area contributed by atoms with Gasteiger partial charge in [0.1, 0.15) is 4.60 Å². The zero-order chi connectivity index (χ0) is 11.0. The van der Waals surface area contributed by atoms with Gasteiger partial charge in [-0.05, 0) is 15.9 Å². The number of carbonyl (C=O) groups is 1. The first-order valence-corrected chi connectivity index (χ1v) is 5.53. The van der Waals surface area contributed by atoms with E-state index in [1.54, 1.807) is 0 Å². The van der Waals surface area contributed by atoms with Crippen LogP contribution in [0.4, 0.5) is 11.6 Å². The van der Waals surface area contributed by atoms with Crippen molar-refractivity contribution in [2.45, 2.75) is 11.8 Å². The number of nitrogens with zero attached hydrogens (tertiary/aromatic N) is 3. The number of rotatable bonds is 1. The van der Waals surface area contributed by atoms with Crippen molar-refractivity contribution in [1.29, 1.82) is 0 Å². The molecule has 5 nitrogen and oxygen atoms in total. The van der Waals surface area contributed by atoms with Gasteiger partial charge in [0.05, 0.1) is 11.6 Å². The Kier molecular flexibility index (Phi) is 2.79. The second kappa shape index (κ2) is 3.94. The van der Waals surface area contributed by atoms with Gasteiger partial charge in [-0.3, -0.25) is 9.69 Å². The molecule has 0 bridgehead atoms. The van der Waals surface area contributed by atoms with E-state index < -0.39 is 0 Å². The maximum absolute atomic E-state index is 11.5. The number of alkyl halides is 1. The van der Waals surface area contributed by atoms with E-state index in [-0.39, 0.29) is 17.1 Å². The van der Waals surface area contributed by atoms with Gasteiger partial charge in [-0.25, -0.2) is 9.97 Å². The molecule has 15 heavy (non-hydrogen) atoms. The Hall–Kier alpha value is -0.880. The predicted molar refractivity (Wildman–Crippen MR) is 60.8 cm³/mol. The molecule has 1 fully saturated rings. The van der Waals surface area contributed by atoms with Crippen LogP contribution in [-0.2, 0) is 4.79 Å². The van der Waals surface area contributed by atoms with Crippen LogP contribution in [0, 0.1) is 0 Å². The van der Waals surface area contributed by atoms with Gasteiger partial charge in [-0.15, -0.1) is 11.6 Å². The Morgan fingerprint density at radius 2 is 2.40 bits per heavy atom. The smallest absolute Gasteiger partial charge is 0.229 e. The fourth-order valence-electron chi connectivity index (χ4n) is 1.45. The summed E-state index contributed by atoms with van der Waals surface area (Å²) in [5.74, 6) is 0.535. The summed E-state index contributed by atoms with van der Waals surface area (Å²) < 4.78 is 0.540. The largest absolute Gasteiger partial charge is 0.381 e. The minimum absolute atomic E-state index is 0.0710. The number of nitrogen functional groups attached to an aromatic ring is 1. The summed E-state index contributed by atoms with van der Waals surface area (Å²) >= 11 is 9.02. The van der Waals surface area contributed by atoms with Crippen molar-refractivity contribution < 1.29 is 4.79 Å². The molecular formula is C8H8BrClN4O. The summed E-state index contributed by atoms with van der Waals surface area (Å²) in [6.45, 7) is 0.431. The third kappa shape index (κ3) is 2.05. The number of anilines is 2. The quantitative estimate of drug-likeness (QED) is 0.788. The molecule has 0 saturated carbocycles. The molecule has 1 aromatic heterocycles. The molecule has 1 aromatic rings. The Morgan fingerprint density at radius 1 is 1.67 bits per heavy atom. The van der Waals surface area contributed by atoms with E-state index in [4.69, 9.17) is 17.3 Å². The second-order valence-corrected chi connectivity index (χ2v) is 4.64. The number of amides is 1. The lowest BCUT2D eigenvalue weighted by atomic mass is 10.4. The van der Waals surface area contributed by atoms with Crippen molar-refractivity contribution in [2.24, 2.45) is 0 Å². The maximum Gasteiger partial charge on any atom is 0.229 e. The average Bonchev–Trinajstić information content (AvgIpc) is 2.45. The first-order chi connectivity index (χ1) is 7.08. The highest BCUT2D eigenvalue weighted by atomic mass is 79.9. The fraction of sp³-hybridized carbons (Fsp3) is 0.375. The zero-order valence-electron chi connectivity index (χ0n) is 7.65. The van der Waals surface area contributed by atoms with Gasteiger partial charge in [-0.1, -0.05) is 0 Å². The molecule has 0 aromatic carbocycles. The lowest BCUT2D eigenvalue weighted by Gasteiger charge is -2.15. The van der Waals surface area contributed by atoms with Gasteiger partial charge in [0.25, 0.3) is 0 Å². The second-order valence-electron chi connectivity index (χ2n) is 3.21. The van der Waals surface area contributed by atoms with Gasteiger partial charge in [0, 0.05) is 13.0 Å². The molecule has 1 aliphatic rings. The average molecular weight is 292 g/mol. The number of carbonyl (C=O) groups excluding carboxylic acids is 1. The molecule has 0 spiro atoms. The predicted octanol–water partition coefficient (Wildman–Crippen LogP) is 1.17. The molecule has 80 valence electrons. The molecule has 1 amide bonds. The van der Waals surface area contributed by atoms with E-state index in [9.17, 15) is 4.79 Å².